The molecule has 2 heterocycles. The molecule has 7 heteroatoms. The first-order valence-corrected chi connectivity index (χ1v) is 5.80. The molecule has 0 fully saturated rings. The van der Waals surface area contributed by atoms with Crippen molar-refractivity contribution >= 4 is 0 Å². The number of nitrogens with two attached hydrogens (primary N) is 1. The van der Waals surface area contributed by atoms with Gasteiger partial charge in [0.25, 0.3) is 0 Å². The lowest BCUT2D eigenvalue weighted by Gasteiger charge is -2.14. The van der Waals surface area contributed by atoms with E-state index in [9.17, 15) is 0 Å². The third kappa shape index (κ3) is 2.14. The monoisotopic (exact) mass is 250 g/mol. The van der Waals surface area contributed by atoms with Gasteiger partial charge in [-0.25, -0.2) is 4.68 Å². The second-order valence-corrected chi connectivity index (χ2v) is 4.18. The number of aryl methyl sites for hydroxylation is 1. The van der Waals surface area contributed by atoms with Crippen molar-refractivity contribution in [3.8, 4) is 11.4 Å². The van der Waals surface area contributed by atoms with E-state index in [-0.39, 0.29) is 6.04 Å². The highest BCUT2D eigenvalue weighted by Gasteiger charge is 2.20. The lowest BCUT2D eigenvalue weighted by molar-refractivity contribution is 0.156. The molecule has 0 bridgehead atoms. The Morgan fingerprint density at radius 2 is 2.28 bits per heavy atom. The van der Waals surface area contributed by atoms with Gasteiger partial charge in [-0.05, 0) is 13.0 Å². The molecular formula is C11H18N6O. The number of nitrogens with zero attached hydrogens (tertiary/aromatic N) is 5. The van der Waals surface area contributed by atoms with Gasteiger partial charge in [0, 0.05) is 26.9 Å². The summed E-state index contributed by atoms with van der Waals surface area (Å²) >= 11 is 0. The van der Waals surface area contributed by atoms with Crippen molar-refractivity contribution in [2.75, 3.05) is 13.7 Å². The molecule has 0 saturated carbocycles. The molecule has 1 atom stereocenters. The molecule has 0 aliphatic heterocycles. The number of hydrogen-bond acceptors (Lipinski definition) is 5. The molecule has 2 N–H and O–H groups in total. The molecule has 2 aromatic heterocycles. The van der Waals surface area contributed by atoms with Gasteiger partial charge in [-0.2, -0.15) is 5.10 Å². The number of aromatic nitrogens is 5. The molecule has 2 rings (SSSR count). The van der Waals surface area contributed by atoms with E-state index in [1.807, 2.05) is 24.7 Å². The van der Waals surface area contributed by atoms with Gasteiger partial charge in [-0.3, -0.25) is 4.68 Å². The highest BCUT2D eigenvalue weighted by atomic mass is 16.5. The third-order valence-corrected chi connectivity index (χ3v) is 2.85. The molecule has 0 aliphatic rings. The van der Waals surface area contributed by atoms with Gasteiger partial charge in [0.2, 0.25) is 0 Å². The summed E-state index contributed by atoms with van der Waals surface area (Å²) in [5.74, 6) is 0. The van der Waals surface area contributed by atoms with E-state index >= 15 is 0 Å². The van der Waals surface area contributed by atoms with Gasteiger partial charge in [0.05, 0.1) is 18.3 Å². The first-order chi connectivity index (χ1) is 8.69. The zero-order valence-electron chi connectivity index (χ0n) is 10.9. The average Bonchev–Trinajstić information content (AvgIpc) is 2.94. The fourth-order valence-corrected chi connectivity index (χ4v) is 1.96. The quantitative estimate of drug-likeness (QED) is 0.827. The standard InChI is InChI=1S/C11H18N6O/c1-8(7-18-3)17-11(9(6-12)14-15-17)10-4-5-13-16(10)2/h4-5,8H,6-7,12H2,1-3H3. The summed E-state index contributed by atoms with van der Waals surface area (Å²) < 4.78 is 8.78. The molecule has 18 heavy (non-hydrogen) atoms. The molecule has 0 spiro atoms. The van der Waals surface area contributed by atoms with E-state index in [1.54, 1.807) is 18.0 Å². The van der Waals surface area contributed by atoms with Gasteiger partial charge in [-0.1, -0.05) is 5.21 Å². The highest BCUT2D eigenvalue weighted by Crippen LogP contribution is 2.24. The molecule has 0 amide bonds. The van der Waals surface area contributed by atoms with Gasteiger partial charge in [0.15, 0.2) is 0 Å². The fourth-order valence-electron chi connectivity index (χ4n) is 1.96. The maximum absolute atomic E-state index is 5.72. The average molecular weight is 250 g/mol. The molecule has 1 unspecified atom stereocenters. The Balaban J connectivity index is 2.50. The minimum atomic E-state index is 0.0905. The summed E-state index contributed by atoms with van der Waals surface area (Å²) in [6.07, 6.45) is 1.74. The first-order valence-electron chi connectivity index (χ1n) is 5.80. The Morgan fingerprint density at radius 3 is 2.83 bits per heavy atom. The third-order valence-electron chi connectivity index (χ3n) is 2.85. The van der Waals surface area contributed by atoms with Crippen LogP contribution in [0.1, 0.15) is 18.7 Å². The summed E-state index contributed by atoms with van der Waals surface area (Å²) in [6.45, 7) is 2.94. The first kappa shape index (κ1) is 12.7. The van der Waals surface area contributed by atoms with Crippen LogP contribution in [0.15, 0.2) is 12.3 Å². The van der Waals surface area contributed by atoms with Crippen molar-refractivity contribution in [2.24, 2.45) is 12.8 Å². The lowest BCUT2D eigenvalue weighted by atomic mass is 10.2. The van der Waals surface area contributed by atoms with E-state index in [0.717, 1.165) is 17.1 Å². The van der Waals surface area contributed by atoms with Crippen molar-refractivity contribution in [3.63, 3.8) is 0 Å². The molecule has 0 aromatic carbocycles. The Kier molecular flexibility index (Phi) is 3.73. The number of ether oxygens (including phenoxy) is 1. The second-order valence-electron chi connectivity index (χ2n) is 4.18. The molecule has 0 aliphatic carbocycles. The fraction of sp³-hybridized carbons (Fsp3) is 0.545. The highest BCUT2D eigenvalue weighted by molar-refractivity contribution is 5.57. The Morgan fingerprint density at radius 1 is 1.50 bits per heavy atom. The zero-order chi connectivity index (χ0) is 13.1. The molecule has 2 aromatic rings. The smallest absolute Gasteiger partial charge is 0.112 e. The summed E-state index contributed by atoms with van der Waals surface area (Å²) in [5, 5.41) is 12.5. The van der Waals surface area contributed by atoms with E-state index in [1.165, 1.54) is 0 Å². The Hall–Kier alpha value is -1.73. The van der Waals surface area contributed by atoms with Crippen molar-refractivity contribution in [1.82, 2.24) is 24.8 Å². The van der Waals surface area contributed by atoms with Crippen LogP contribution in [0.25, 0.3) is 11.4 Å². The topological polar surface area (TPSA) is 83.8 Å². The summed E-state index contributed by atoms with van der Waals surface area (Å²) in [6, 6.07) is 2.01. The van der Waals surface area contributed by atoms with Crippen LogP contribution in [-0.2, 0) is 18.3 Å². The minimum Gasteiger partial charge on any atom is -0.382 e. The van der Waals surface area contributed by atoms with Crippen molar-refractivity contribution in [2.45, 2.75) is 19.5 Å². The van der Waals surface area contributed by atoms with Gasteiger partial charge >= 0.3 is 0 Å². The summed E-state index contributed by atoms with van der Waals surface area (Å²) in [4.78, 5) is 0. The molecular weight excluding hydrogens is 232 g/mol. The van der Waals surface area contributed by atoms with Gasteiger partial charge in [-0.15, -0.1) is 5.10 Å². The Bertz CT molecular complexity index is 517. The van der Waals surface area contributed by atoms with E-state index in [4.69, 9.17) is 10.5 Å². The van der Waals surface area contributed by atoms with Crippen LogP contribution in [0.4, 0.5) is 0 Å². The number of rotatable bonds is 5. The number of hydrogen-bond donors (Lipinski definition) is 1. The van der Waals surface area contributed by atoms with Crippen LogP contribution < -0.4 is 5.73 Å². The van der Waals surface area contributed by atoms with E-state index < -0.39 is 0 Å². The summed E-state index contributed by atoms with van der Waals surface area (Å²) in [5.41, 5.74) is 8.34. The predicted octanol–water partition coefficient (Wildman–Crippen LogP) is 0.345. The largest absolute Gasteiger partial charge is 0.382 e. The van der Waals surface area contributed by atoms with Crippen LogP contribution in [0.5, 0.6) is 0 Å². The maximum atomic E-state index is 5.72. The molecule has 0 saturated heterocycles. The normalized spacial score (nSPS) is 12.9. The van der Waals surface area contributed by atoms with Crippen LogP contribution in [0.3, 0.4) is 0 Å². The van der Waals surface area contributed by atoms with E-state index in [0.29, 0.717) is 13.2 Å². The summed E-state index contributed by atoms with van der Waals surface area (Å²) in [7, 11) is 3.55. The van der Waals surface area contributed by atoms with Gasteiger partial charge < -0.3 is 10.5 Å². The van der Waals surface area contributed by atoms with Crippen LogP contribution in [0, 0.1) is 0 Å². The van der Waals surface area contributed by atoms with Crippen LogP contribution in [0.2, 0.25) is 0 Å². The van der Waals surface area contributed by atoms with Crippen LogP contribution >= 0.6 is 0 Å². The van der Waals surface area contributed by atoms with Crippen LogP contribution in [-0.4, -0.2) is 38.5 Å². The van der Waals surface area contributed by atoms with E-state index in [2.05, 4.69) is 15.4 Å². The van der Waals surface area contributed by atoms with Crippen molar-refractivity contribution in [1.29, 1.82) is 0 Å². The zero-order valence-corrected chi connectivity index (χ0v) is 10.9. The number of methoxy groups -OCH3 is 1. The molecule has 98 valence electrons. The van der Waals surface area contributed by atoms with Crippen molar-refractivity contribution in [3.05, 3.63) is 18.0 Å². The Labute approximate surface area is 106 Å². The maximum Gasteiger partial charge on any atom is 0.112 e. The molecule has 7 nitrogen and oxygen atoms in total. The SMILES string of the molecule is COCC(C)n1nnc(CN)c1-c1ccnn1C. The molecule has 0 radical (unpaired) electrons. The lowest BCUT2D eigenvalue weighted by Crippen LogP contribution is -2.15. The second kappa shape index (κ2) is 5.28. The van der Waals surface area contributed by atoms with Crippen molar-refractivity contribution < 1.29 is 4.74 Å². The predicted molar refractivity (Wildman–Crippen MR) is 66.7 cm³/mol. The van der Waals surface area contributed by atoms with Gasteiger partial charge in [0.1, 0.15) is 11.4 Å². The minimum absolute atomic E-state index is 0.0905.